The highest BCUT2D eigenvalue weighted by molar-refractivity contribution is 5.85. The minimum atomic E-state index is -0.978. The van der Waals surface area contributed by atoms with Gasteiger partial charge in [0, 0.05) is 13.1 Å². The van der Waals surface area contributed by atoms with E-state index in [0.717, 1.165) is 18.7 Å². The zero-order valence-corrected chi connectivity index (χ0v) is 10.5. The highest BCUT2D eigenvalue weighted by Crippen LogP contribution is 2.43. The summed E-state index contributed by atoms with van der Waals surface area (Å²) in [4.78, 5) is 17.1. The second-order valence-corrected chi connectivity index (χ2v) is 5.52. The van der Waals surface area contributed by atoms with Crippen molar-refractivity contribution in [2.75, 3.05) is 11.9 Å². The van der Waals surface area contributed by atoms with Crippen LogP contribution in [0.1, 0.15) is 37.2 Å². The summed E-state index contributed by atoms with van der Waals surface area (Å²) in [5, 5.41) is 8.90. The monoisotopic (exact) mass is 234 g/mol. The molecule has 0 spiro atoms. The number of nitrogens with zero attached hydrogens (tertiary/aromatic N) is 2. The van der Waals surface area contributed by atoms with Crippen molar-refractivity contribution in [2.24, 2.45) is 5.41 Å². The van der Waals surface area contributed by atoms with Gasteiger partial charge in [0.25, 0.3) is 0 Å². The molecule has 1 fully saturated rings. The Balaban J connectivity index is 2.12. The van der Waals surface area contributed by atoms with E-state index in [1.165, 1.54) is 6.07 Å². The fourth-order valence-corrected chi connectivity index (χ4v) is 2.42. The largest absolute Gasteiger partial charge is 0.477 e. The lowest BCUT2D eigenvalue weighted by Gasteiger charge is -2.47. The molecule has 0 unspecified atom stereocenters. The van der Waals surface area contributed by atoms with E-state index in [0.29, 0.717) is 11.5 Å². The SMILES string of the molecule is CN(c1cccc(C(=O)O)n1)C1CC(C)(C)C1. The minimum absolute atomic E-state index is 0.105. The summed E-state index contributed by atoms with van der Waals surface area (Å²) in [5.41, 5.74) is 0.511. The summed E-state index contributed by atoms with van der Waals surface area (Å²) in [6.07, 6.45) is 2.25. The fourth-order valence-electron chi connectivity index (χ4n) is 2.42. The van der Waals surface area contributed by atoms with E-state index in [2.05, 4.69) is 23.7 Å². The molecule has 0 aromatic carbocycles. The molecule has 92 valence electrons. The van der Waals surface area contributed by atoms with Gasteiger partial charge >= 0.3 is 5.97 Å². The van der Waals surface area contributed by atoms with Gasteiger partial charge in [0.2, 0.25) is 0 Å². The number of anilines is 1. The molecule has 1 N–H and O–H groups in total. The van der Waals surface area contributed by atoms with Crippen molar-refractivity contribution in [3.05, 3.63) is 23.9 Å². The summed E-state index contributed by atoms with van der Waals surface area (Å²) >= 11 is 0. The second-order valence-electron chi connectivity index (χ2n) is 5.52. The van der Waals surface area contributed by atoms with Gasteiger partial charge in [-0.1, -0.05) is 19.9 Å². The van der Waals surface area contributed by atoms with Gasteiger partial charge < -0.3 is 10.0 Å². The maximum Gasteiger partial charge on any atom is 0.354 e. The van der Waals surface area contributed by atoms with Crippen molar-refractivity contribution in [3.8, 4) is 0 Å². The second kappa shape index (κ2) is 4.02. The van der Waals surface area contributed by atoms with Crippen LogP contribution in [0.5, 0.6) is 0 Å². The van der Waals surface area contributed by atoms with E-state index in [1.54, 1.807) is 6.07 Å². The Bertz CT molecular complexity index is 435. The molecule has 0 atom stereocenters. The molecule has 1 aromatic rings. The van der Waals surface area contributed by atoms with Crippen LogP contribution in [-0.2, 0) is 0 Å². The smallest absolute Gasteiger partial charge is 0.354 e. The number of hydrogen-bond donors (Lipinski definition) is 1. The lowest BCUT2D eigenvalue weighted by molar-refractivity contribution is 0.0690. The molecule has 0 amide bonds. The van der Waals surface area contributed by atoms with Crippen molar-refractivity contribution in [2.45, 2.75) is 32.7 Å². The summed E-state index contributed by atoms with van der Waals surface area (Å²) in [6.45, 7) is 4.50. The number of aromatic nitrogens is 1. The van der Waals surface area contributed by atoms with Crippen LogP contribution in [-0.4, -0.2) is 29.1 Å². The number of hydrogen-bond acceptors (Lipinski definition) is 3. The van der Waals surface area contributed by atoms with Crippen LogP contribution in [0.2, 0.25) is 0 Å². The molecule has 4 nitrogen and oxygen atoms in total. The third kappa shape index (κ3) is 2.40. The molecule has 1 aromatic heterocycles. The van der Waals surface area contributed by atoms with Gasteiger partial charge in [-0.15, -0.1) is 0 Å². The van der Waals surface area contributed by atoms with Gasteiger partial charge in [-0.25, -0.2) is 9.78 Å². The quantitative estimate of drug-likeness (QED) is 0.872. The number of aromatic carboxylic acids is 1. The van der Waals surface area contributed by atoms with Gasteiger partial charge in [-0.3, -0.25) is 0 Å². The zero-order chi connectivity index (χ0) is 12.6. The lowest BCUT2D eigenvalue weighted by atomic mass is 9.68. The van der Waals surface area contributed by atoms with Crippen molar-refractivity contribution in [3.63, 3.8) is 0 Å². The van der Waals surface area contributed by atoms with E-state index < -0.39 is 5.97 Å². The Labute approximate surface area is 101 Å². The Morgan fingerprint density at radius 3 is 2.65 bits per heavy atom. The van der Waals surface area contributed by atoms with Crippen LogP contribution in [0.25, 0.3) is 0 Å². The molecular weight excluding hydrogens is 216 g/mol. The predicted molar refractivity (Wildman–Crippen MR) is 66.4 cm³/mol. The topological polar surface area (TPSA) is 53.4 Å². The van der Waals surface area contributed by atoms with Gasteiger partial charge in [0.05, 0.1) is 0 Å². The molecule has 0 radical (unpaired) electrons. The van der Waals surface area contributed by atoms with Crippen LogP contribution < -0.4 is 4.90 Å². The molecule has 2 rings (SSSR count). The summed E-state index contributed by atoms with van der Waals surface area (Å²) in [7, 11) is 1.98. The molecular formula is C13H18N2O2. The van der Waals surface area contributed by atoms with Crippen LogP contribution in [0.3, 0.4) is 0 Å². The van der Waals surface area contributed by atoms with Crippen LogP contribution in [0.4, 0.5) is 5.82 Å². The zero-order valence-electron chi connectivity index (χ0n) is 10.5. The predicted octanol–water partition coefficient (Wildman–Crippen LogP) is 2.40. The van der Waals surface area contributed by atoms with Crippen LogP contribution >= 0.6 is 0 Å². The van der Waals surface area contributed by atoms with E-state index in [1.807, 2.05) is 13.1 Å². The third-order valence-corrected chi connectivity index (χ3v) is 3.44. The number of rotatable bonds is 3. The first-order valence-corrected chi connectivity index (χ1v) is 5.82. The molecule has 0 saturated heterocycles. The number of pyridine rings is 1. The minimum Gasteiger partial charge on any atom is -0.477 e. The molecule has 0 aliphatic heterocycles. The Hall–Kier alpha value is -1.58. The van der Waals surface area contributed by atoms with E-state index in [9.17, 15) is 4.79 Å². The highest BCUT2D eigenvalue weighted by Gasteiger charge is 2.38. The van der Waals surface area contributed by atoms with E-state index in [4.69, 9.17) is 5.11 Å². The van der Waals surface area contributed by atoms with E-state index in [-0.39, 0.29) is 5.69 Å². The average Bonchev–Trinajstić information content (AvgIpc) is 2.25. The first kappa shape index (κ1) is 11.9. The van der Waals surface area contributed by atoms with Gasteiger partial charge in [-0.2, -0.15) is 0 Å². The first-order chi connectivity index (χ1) is 7.89. The van der Waals surface area contributed by atoms with E-state index >= 15 is 0 Å². The first-order valence-electron chi connectivity index (χ1n) is 5.82. The highest BCUT2D eigenvalue weighted by atomic mass is 16.4. The molecule has 4 heteroatoms. The molecule has 17 heavy (non-hydrogen) atoms. The van der Waals surface area contributed by atoms with Crippen molar-refractivity contribution < 1.29 is 9.90 Å². The number of carboxylic acids is 1. The third-order valence-electron chi connectivity index (χ3n) is 3.44. The van der Waals surface area contributed by atoms with Crippen molar-refractivity contribution >= 4 is 11.8 Å². The Morgan fingerprint density at radius 1 is 1.47 bits per heavy atom. The molecule has 1 heterocycles. The Morgan fingerprint density at radius 2 is 2.12 bits per heavy atom. The lowest BCUT2D eigenvalue weighted by Crippen LogP contribution is -2.47. The standard InChI is InChI=1S/C13H18N2O2/c1-13(2)7-9(8-13)15(3)11-6-4-5-10(14-11)12(16)17/h4-6,9H,7-8H2,1-3H3,(H,16,17). The van der Waals surface area contributed by atoms with Gasteiger partial charge in [0.15, 0.2) is 5.69 Å². The number of carbonyl (C=O) groups is 1. The van der Waals surface area contributed by atoms with Crippen molar-refractivity contribution in [1.82, 2.24) is 4.98 Å². The Kier molecular flexibility index (Phi) is 2.81. The number of carboxylic acid groups (broad SMARTS) is 1. The summed E-state index contributed by atoms with van der Waals surface area (Å²) in [5.74, 6) is -0.236. The molecule has 1 aliphatic carbocycles. The molecule has 1 saturated carbocycles. The summed E-state index contributed by atoms with van der Waals surface area (Å²) in [6, 6.07) is 5.59. The fraction of sp³-hybridized carbons (Fsp3) is 0.538. The molecule has 1 aliphatic rings. The van der Waals surface area contributed by atoms with Crippen molar-refractivity contribution in [1.29, 1.82) is 0 Å². The average molecular weight is 234 g/mol. The molecule has 0 bridgehead atoms. The maximum absolute atomic E-state index is 10.9. The maximum atomic E-state index is 10.9. The van der Waals surface area contributed by atoms with Crippen LogP contribution in [0.15, 0.2) is 18.2 Å². The van der Waals surface area contributed by atoms with Crippen LogP contribution in [0, 0.1) is 5.41 Å². The summed E-state index contributed by atoms with van der Waals surface area (Å²) < 4.78 is 0. The van der Waals surface area contributed by atoms with Gasteiger partial charge in [-0.05, 0) is 30.4 Å². The van der Waals surface area contributed by atoms with Gasteiger partial charge in [0.1, 0.15) is 5.82 Å². The normalized spacial score (nSPS) is 18.5.